The minimum atomic E-state index is 0.387. The molecule has 0 aliphatic carbocycles. The van der Waals surface area contributed by atoms with Crippen LogP contribution in [0.25, 0.3) is 11.4 Å². The van der Waals surface area contributed by atoms with Gasteiger partial charge in [0.2, 0.25) is 11.7 Å². The average Bonchev–Trinajstić information content (AvgIpc) is 3.14. The van der Waals surface area contributed by atoms with Gasteiger partial charge in [0.25, 0.3) is 0 Å². The maximum atomic E-state index is 5.99. The minimum Gasteiger partial charge on any atom is -0.356 e. The van der Waals surface area contributed by atoms with Crippen LogP contribution in [0.4, 0.5) is 0 Å². The zero-order valence-corrected chi connectivity index (χ0v) is 15.2. The highest BCUT2D eigenvalue weighted by atomic mass is 35.5. The lowest BCUT2D eigenvalue weighted by molar-refractivity contribution is 0.375. The quantitative estimate of drug-likeness (QED) is 0.515. The van der Waals surface area contributed by atoms with E-state index in [0.717, 1.165) is 18.5 Å². The molecule has 0 saturated carbocycles. The molecule has 2 N–H and O–H groups in total. The zero-order valence-electron chi connectivity index (χ0n) is 14.4. The molecule has 0 fully saturated rings. The van der Waals surface area contributed by atoms with Gasteiger partial charge in [-0.3, -0.25) is 4.99 Å². The van der Waals surface area contributed by atoms with Gasteiger partial charge in [0, 0.05) is 24.2 Å². The van der Waals surface area contributed by atoms with Crippen molar-refractivity contribution in [2.24, 2.45) is 4.99 Å². The van der Waals surface area contributed by atoms with Crippen LogP contribution in [0.15, 0.2) is 64.1 Å². The molecule has 0 atom stereocenters. The molecule has 0 radical (unpaired) electrons. The van der Waals surface area contributed by atoms with E-state index >= 15 is 0 Å². The first-order valence-electron chi connectivity index (χ1n) is 8.31. The van der Waals surface area contributed by atoms with Gasteiger partial charge >= 0.3 is 0 Å². The number of guanidine groups is 1. The van der Waals surface area contributed by atoms with Crippen molar-refractivity contribution in [2.45, 2.75) is 13.0 Å². The molecule has 0 aliphatic rings. The van der Waals surface area contributed by atoms with Crippen LogP contribution in [0.1, 0.15) is 11.5 Å². The third-order valence-electron chi connectivity index (χ3n) is 3.73. The first kappa shape index (κ1) is 17.9. The van der Waals surface area contributed by atoms with Crippen molar-refractivity contribution in [3.8, 4) is 11.4 Å². The van der Waals surface area contributed by atoms with Crippen LogP contribution in [0.2, 0.25) is 5.02 Å². The zero-order chi connectivity index (χ0) is 18.2. The van der Waals surface area contributed by atoms with E-state index in [2.05, 4.69) is 37.9 Å². The van der Waals surface area contributed by atoms with E-state index in [4.69, 9.17) is 16.1 Å². The first-order valence-corrected chi connectivity index (χ1v) is 8.69. The Morgan fingerprint density at radius 1 is 1.12 bits per heavy atom. The summed E-state index contributed by atoms with van der Waals surface area (Å²) < 4.78 is 5.28. The maximum Gasteiger partial charge on any atom is 0.246 e. The second-order valence-electron chi connectivity index (χ2n) is 5.61. The molecule has 3 rings (SSSR count). The molecule has 7 heteroatoms. The number of hydrogen-bond acceptors (Lipinski definition) is 4. The van der Waals surface area contributed by atoms with E-state index < -0.39 is 0 Å². The van der Waals surface area contributed by atoms with Gasteiger partial charge in [-0.05, 0) is 24.1 Å². The van der Waals surface area contributed by atoms with E-state index in [0.29, 0.717) is 29.2 Å². The van der Waals surface area contributed by atoms with Crippen molar-refractivity contribution >= 4 is 17.6 Å². The number of nitrogens with zero attached hydrogens (tertiary/aromatic N) is 3. The smallest absolute Gasteiger partial charge is 0.246 e. The summed E-state index contributed by atoms with van der Waals surface area (Å²) in [6.07, 6.45) is 0.918. The molecule has 2 aromatic carbocycles. The summed E-state index contributed by atoms with van der Waals surface area (Å²) in [4.78, 5) is 8.57. The largest absolute Gasteiger partial charge is 0.356 e. The number of aromatic nitrogens is 2. The molecule has 0 aliphatic heterocycles. The van der Waals surface area contributed by atoms with Crippen molar-refractivity contribution in [1.82, 2.24) is 20.8 Å². The van der Waals surface area contributed by atoms with Crippen molar-refractivity contribution in [2.75, 3.05) is 13.6 Å². The van der Waals surface area contributed by atoms with Crippen LogP contribution in [-0.4, -0.2) is 29.7 Å². The Morgan fingerprint density at radius 3 is 2.73 bits per heavy atom. The second-order valence-corrected chi connectivity index (χ2v) is 6.05. The second kappa shape index (κ2) is 9.01. The summed E-state index contributed by atoms with van der Waals surface area (Å²) >= 11 is 5.99. The molecule has 6 nitrogen and oxygen atoms in total. The molecular weight excluding hydrogens is 350 g/mol. The molecule has 1 aromatic heterocycles. The summed E-state index contributed by atoms with van der Waals surface area (Å²) in [5.74, 6) is 1.67. The monoisotopic (exact) mass is 369 g/mol. The molecule has 26 heavy (non-hydrogen) atoms. The summed E-state index contributed by atoms with van der Waals surface area (Å²) in [5, 5.41) is 11.1. The van der Waals surface area contributed by atoms with E-state index in [9.17, 15) is 0 Å². The SMILES string of the molecule is CN=C(NCCc1ccccc1)NCc1nc(-c2cccc(Cl)c2)no1. The summed E-state index contributed by atoms with van der Waals surface area (Å²) in [6, 6.07) is 17.6. The summed E-state index contributed by atoms with van der Waals surface area (Å²) in [7, 11) is 1.73. The van der Waals surface area contributed by atoms with Gasteiger partial charge in [-0.1, -0.05) is 59.2 Å². The highest BCUT2D eigenvalue weighted by Gasteiger charge is 2.09. The molecule has 0 spiro atoms. The lowest BCUT2D eigenvalue weighted by Crippen LogP contribution is -2.37. The topological polar surface area (TPSA) is 75.3 Å². The van der Waals surface area contributed by atoms with E-state index in [1.54, 1.807) is 19.2 Å². The standard InChI is InChI=1S/C19H20ClN5O/c1-21-19(22-11-10-14-6-3-2-4-7-14)23-13-17-24-18(25-26-17)15-8-5-9-16(20)12-15/h2-9,12H,10-11,13H2,1H3,(H2,21,22,23). The maximum absolute atomic E-state index is 5.99. The average molecular weight is 370 g/mol. The predicted molar refractivity (Wildman–Crippen MR) is 103 cm³/mol. The molecule has 0 unspecified atom stereocenters. The Balaban J connectivity index is 1.49. The lowest BCUT2D eigenvalue weighted by Gasteiger charge is -2.10. The highest BCUT2D eigenvalue weighted by Crippen LogP contribution is 2.19. The normalized spacial score (nSPS) is 11.4. The lowest BCUT2D eigenvalue weighted by atomic mass is 10.1. The number of rotatable bonds is 6. The van der Waals surface area contributed by atoms with Crippen LogP contribution in [0.5, 0.6) is 0 Å². The fourth-order valence-electron chi connectivity index (χ4n) is 2.42. The number of halogens is 1. The van der Waals surface area contributed by atoms with Gasteiger partial charge in [0.05, 0.1) is 6.54 Å². The van der Waals surface area contributed by atoms with Gasteiger partial charge in [-0.15, -0.1) is 0 Å². The van der Waals surface area contributed by atoms with Gasteiger partial charge in [0.1, 0.15) is 0 Å². The molecule has 3 aromatic rings. The van der Waals surface area contributed by atoms with Gasteiger partial charge in [-0.25, -0.2) is 0 Å². The number of aliphatic imine (C=N–C) groups is 1. The van der Waals surface area contributed by atoms with Gasteiger partial charge < -0.3 is 15.2 Å². The Bertz CT molecular complexity index is 863. The molecular formula is C19H20ClN5O. The number of hydrogen-bond donors (Lipinski definition) is 2. The van der Waals surface area contributed by atoms with Gasteiger partial charge in [-0.2, -0.15) is 4.98 Å². The summed E-state index contributed by atoms with van der Waals surface area (Å²) in [5.41, 5.74) is 2.09. The van der Waals surface area contributed by atoms with Crippen LogP contribution >= 0.6 is 11.6 Å². The van der Waals surface area contributed by atoms with Crippen LogP contribution < -0.4 is 10.6 Å². The first-order chi connectivity index (χ1) is 12.7. The fourth-order valence-corrected chi connectivity index (χ4v) is 2.61. The van der Waals surface area contributed by atoms with Crippen molar-refractivity contribution in [3.05, 3.63) is 71.1 Å². The van der Waals surface area contributed by atoms with Crippen LogP contribution in [0, 0.1) is 0 Å². The highest BCUT2D eigenvalue weighted by molar-refractivity contribution is 6.30. The van der Waals surface area contributed by atoms with E-state index in [-0.39, 0.29) is 0 Å². The van der Waals surface area contributed by atoms with Crippen molar-refractivity contribution in [1.29, 1.82) is 0 Å². The Hall–Kier alpha value is -2.86. The molecule has 0 bridgehead atoms. The molecule has 0 amide bonds. The Morgan fingerprint density at radius 2 is 1.96 bits per heavy atom. The Kier molecular flexibility index (Phi) is 6.22. The molecule has 0 saturated heterocycles. The van der Waals surface area contributed by atoms with Crippen LogP contribution in [-0.2, 0) is 13.0 Å². The number of nitrogens with one attached hydrogen (secondary N) is 2. The Labute approximate surface area is 157 Å². The minimum absolute atomic E-state index is 0.387. The van der Waals surface area contributed by atoms with Crippen LogP contribution in [0.3, 0.4) is 0 Å². The van der Waals surface area contributed by atoms with Gasteiger partial charge in [0.15, 0.2) is 5.96 Å². The molecule has 134 valence electrons. The molecule has 1 heterocycles. The fraction of sp³-hybridized carbons (Fsp3) is 0.211. The number of benzene rings is 2. The van der Waals surface area contributed by atoms with Crippen molar-refractivity contribution < 1.29 is 4.52 Å². The third-order valence-corrected chi connectivity index (χ3v) is 3.97. The van der Waals surface area contributed by atoms with E-state index in [1.807, 2.05) is 30.3 Å². The predicted octanol–water partition coefficient (Wildman–Crippen LogP) is 3.30. The summed E-state index contributed by atoms with van der Waals surface area (Å²) in [6.45, 7) is 1.17. The van der Waals surface area contributed by atoms with E-state index in [1.165, 1.54) is 5.56 Å². The third kappa shape index (κ3) is 5.07. The van der Waals surface area contributed by atoms with Crippen molar-refractivity contribution in [3.63, 3.8) is 0 Å².